The Morgan fingerprint density at radius 3 is 2.74 bits per heavy atom. The molecule has 2 N–H and O–H groups in total. The molecule has 6 heteroatoms. The van der Waals surface area contributed by atoms with Gasteiger partial charge in [0.25, 0.3) is 5.69 Å². The van der Waals surface area contributed by atoms with Crippen LogP contribution in [0.15, 0.2) is 18.2 Å². The van der Waals surface area contributed by atoms with Crippen LogP contribution in [-0.4, -0.2) is 23.4 Å². The van der Waals surface area contributed by atoms with Gasteiger partial charge in [-0.2, -0.15) is 0 Å². The molecule has 1 rings (SSSR count). The quantitative estimate of drug-likeness (QED) is 0.610. The van der Waals surface area contributed by atoms with Gasteiger partial charge in [0.15, 0.2) is 0 Å². The van der Waals surface area contributed by atoms with E-state index in [-0.39, 0.29) is 29.9 Å². The molecule has 19 heavy (non-hydrogen) atoms. The number of hydrogen-bond donors (Lipinski definition) is 2. The summed E-state index contributed by atoms with van der Waals surface area (Å²) in [5.74, 6) is -0.285. The molecule has 6 nitrogen and oxygen atoms in total. The summed E-state index contributed by atoms with van der Waals surface area (Å²) in [6.45, 7) is 5.89. The Balaban J connectivity index is 2.71. The Hall–Kier alpha value is -1.95. The van der Waals surface area contributed by atoms with Crippen LogP contribution in [0.25, 0.3) is 0 Å². The Morgan fingerprint density at radius 2 is 2.16 bits per heavy atom. The van der Waals surface area contributed by atoms with Crippen molar-refractivity contribution < 1.29 is 9.72 Å². The van der Waals surface area contributed by atoms with Crippen molar-refractivity contribution in [2.24, 2.45) is 0 Å². The van der Waals surface area contributed by atoms with Crippen molar-refractivity contribution in [2.45, 2.75) is 33.2 Å². The molecule has 0 saturated heterocycles. The molecule has 0 spiro atoms. The van der Waals surface area contributed by atoms with E-state index in [0.717, 1.165) is 12.0 Å². The normalized spacial score (nSPS) is 11.9. The number of nitro groups is 1. The lowest BCUT2D eigenvalue weighted by molar-refractivity contribution is -0.384. The summed E-state index contributed by atoms with van der Waals surface area (Å²) >= 11 is 0. The molecule has 0 aliphatic rings. The van der Waals surface area contributed by atoms with Crippen molar-refractivity contribution in [1.29, 1.82) is 0 Å². The Kier molecular flexibility index (Phi) is 5.44. The fourth-order valence-electron chi connectivity index (χ4n) is 1.50. The smallest absolute Gasteiger partial charge is 0.293 e. The fourth-order valence-corrected chi connectivity index (χ4v) is 1.50. The van der Waals surface area contributed by atoms with Crippen molar-refractivity contribution in [3.8, 4) is 0 Å². The van der Waals surface area contributed by atoms with E-state index in [1.54, 1.807) is 19.1 Å². The first-order chi connectivity index (χ1) is 8.93. The van der Waals surface area contributed by atoms with Crippen LogP contribution >= 0.6 is 0 Å². The molecule has 0 aliphatic carbocycles. The van der Waals surface area contributed by atoms with Gasteiger partial charge in [0.1, 0.15) is 5.69 Å². The first-order valence-corrected chi connectivity index (χ1v) is 6.22. The van der Waals surface area contributed by atoms with Gasteiger partial charge in [0.2, 0.25) is 5.91 Å². The molecule has 1 aromatic carbocycles. The molecule has 0 aliphatic heterocycles. The zero-order valence-corrected chi connectivity index (χ0v) is 11.4. The summed E-state index contributed by atoms with van der Waals surface area (Å²) in [6, 6.07) is 4.95. The first-order valence-electron chi connectivity index (χ1n) is 6.22. The zero-order chi connectivity index (χ0) is 14.4. The van der Waals surface area contributed by atoms with Crippen molar-refractivity contribution in [3.63, 3.8) is 0 Å². The van der Waals surface area contributed by atoms with Crippen LogP contribution < -0.4 is 10.6 Å². The van der Waals surface area contributed by atoms with Crippen LogP contribution in [0.5, 0.6) is 0 Å². The third-order valence-electron chi connectivity index (χ3n) is 2.85. The summed E-state index contributed by atoms with van der Waals surface area (Å²) < 4.78 is 0. The SMILES string of the molecule is CCC(C)NCC(=O)Nc1ccc(C)cc1[N+](=O)[O-]. The molecule has 1 unspecified atom stereocenters. The zero-order valence-electron chi connectivity index (χ0n) is 11.4. The lowest BCUT2D eigenvalue weighted by Crippen LogP contribution is -2.34. The molecule has 1 aromatic rings. The largest absolute Gasteiger partial charge is 0.319 e. The predicted octanol–water partition coefficient (Wildman–Crippen LogP) is 2.23. The molecule has 0 bridgehead atoms. The molecular weight excluding hydrogens is 246 g/mol. The van der Waals surface area contributed by atoms with Gasteiger partial charge < -0.3 is 10.6 Å². The van der Waals surface area contributed by atoms with Gasteiger partial charge in [0, 0.05) is 12.1 Å². The first kappa shape index (κ1) is 15.1. The number of nitrogens with one attached hydrogen (secondary N) is 2. The Morgan fingerprint density at radius 1 is 1.47 bits per heavy atom. The van der Waals surface area contributed by atoms with E-state index in [9.17, 15) is 14.9 Å². The summed E-state index contributed by atoms with van der Waals surface area (Å²) in [5.41, 5.74) is 0.922. The molecule has 0 aromatic heterocycles. The highest BCUT2D eigenvalue weighted by Gasteiger charge is 2.15. The second-order valence-corrected chi connectivity index (χ2v) is 4.52. The van der Waals surface area contributed by atoms with Crippen LogP contribution in [0, 0.1) is 17.0 Å². The lowest BCUT2D eigenvalue weighted by Gasteiger charge is -2.11. The number of aryl methyl sites for hydroxylation is 1. The van der Waals surface area contributed by atoms with E-state index in [2.05, 4.69) is 10.6 Å². The highest BCUT2D eigenvalue weighted by Crippen LogP contribution is 2.25. The monoisotopic (exact) mass is 265 g/mol. The van der Waals surface area contributed by atoms with Crippen LogP contribution in [0.4, 0.5) is 11.4 Å². The van der Waals surface area contributed by atoms with E-state index in [4.69, 9.17) is 0 Å². The molecule has 104 valence electrons. The molecule has 0 fully saturated rings. The van der Waals surface area contributed by atoms with Gasteiger partial charge >= 0.3 is 0 Å². The van der Waals surface area contributed by atoms with Crippen LogP contribution in [0.1, 0.15) is 25.8 Å². The summed E-state index contributed by atoms with van der Waals surface area (Å²) in [4.78, 5) is 22.1. The molecule has 0 heterocycles. The number of nitro benzene ring substituents is 1. The predicted molar refractivity (Wildman–Crippen MR) is 74.2 cm³/mol. The Bertz CT molecular complexity index is 474. The third-order valence-corrected chi connectivity index (χ3v) is 2.85. The number of benzene rings is 1. The second kappa shape index (κ2) is 6.84. The highest BCUT2D eigenvalue weighted by atomic mass is 16.6. The fraction of sp³-hybridized carbons (Fsp3) is 0.462. The number of carbonyl (C=O) groups is 1. The molecule has 1 amide bonds. The summed E-state index contributed by atoms with van der Waals surface area (Å²) in [6.07, 6.45) is 0.915. The van der Waals surface area contributed by atoms with E-state index in [1.807, 2.05) is 13.8 Å². The molecule has 0 saturated carbocycles. The van der Waals surface area contributed by atoms with E-state index >= 15 is 0 Å². The average molecular weight is 265 g/mol. The van der Waals surface area contributed by atoms with Crippen molar-refractivity contribution in [3.05, 3.63) is 33.9 Å². The number of nitrogens with zero attached hydrogens (tertiary/aromatic N) is 1. The summed E-state index contributed by atoms with van der Waals surface area (Å²) in [7, 11) is 0. The maximum Gasteiger partial charge on any atom is 0.293 e. The highest BCUT2D eigenvalue weighted by molar-refractivity contribution is 5.94. The van der Waals surface area contributed by atoms with Crippen LogP contribution in [0.2, 0.25) is 0 Å². The standard InChI is InChI=1S/C13H19N3O3/c1-4-10(3)14-8-13(17)15-11-6-5-9(2)7-12(11)16(18)19/h5-7,10,14H,4,8H2,1-3H3,(H,15,17). The minimum Gasteiger partial charge on any atom is -0.319 e. The van der Waals surface area contributed by atoms with Gasteiger partial charge in [-0.15, -0.1) is 0 Å². The molecular formula is C13H19N3O3. The van der Waals surface area contributed by atoms with E-state index in [1.165, 1.54) is 6.07 Å². The van der Waals surface area contributed by atoms with Gasteiger partial charge in [-0.05, 0) is 31.9 Å². The lowest BCUT2D eigenvalue weighted by atomic mass is 10.2. The number of rotatable bonds is 6. The van der Waals surface area contributed by atoms with E-state index in [0.29, 0.717) is 0 Å². The van der Waals surface area contributed by atoms with Gasteiger partial charge in [-0.25, -0.2) is 0 Å². The van der Waals surface area contributed by atoms with Crippen molar-refractivity contribution in [2.75, 3.05) is 11.9 Å². The second-order valence-electron chi connectivity index (χ2n) is 4.52. The average Bonchev–Trinajstić information content (AvgIpc) is 2.37. The summed E-state index contributed by atoms with van der Waals surface area (Å²) in [5, 5.41) is 16.5. The van der Waals surface area contributed by atoms with Gasteiger partial charge in [-0.3, -0.25) is 14.9 Å². The minimum absolute atomic E-state index is 0.0862. The van der Waals surface area contributed by atoms with E-state index < -0.39 is 4.92 Å². The number of carbonyl (C=O) groups excluding carboxylic acids is 1. The van der Waals surface area contributed by atoms with Gasteiger partial charge in [0.05, 0.1) is 11.5 Å². The van der Waals surface area contributed by atoms with Gasteiger partial charge in [-0.1, -0.05) is 13.0 Å². The maximum absolute atomic E-state index is 11.7. The van der Waals surface area contributed by atoms with Crippen LogP contribution in [0.3, 0.4) is 0 Å². The van der Waals surface area contributed by atoms with Crippen LogP contribution in [-0.2, 0) is 4.79 Å². The molecule has 1 atom stereocenters. The number of anilines is 1. The minimum atomic E-state index is -0.495. The number of amides is 1. The topological polar surface area (TPSA) is 84.3 Å². The Labute approximate surface area is 112 Å². The van der Waals surface area contributed by atoms with Crippen molar-refractivity contribution >= 4 is 17.3 Å². The molecule has 0 radical (unpaired) electrons. The number of hydrogen-bond acceptors (Lipinski definition) is 4. The maximum atomic E-state index is 11.7. The van der Waals surface area contributed by atoms with Crippen molar-refractivity contribution in [1.82, 2.24) is 5.32 Å². The third kappa shape index (κ3) is 4.67.